The molecule has 0 bridgehead atoms. The maximum Gasteiger partial charge on any atom is 0.261 e. The molecule has 3 rings (SSSR count). The first kappa shape index (κ1) is 16.9. The number of thiophene rings is 1. The van der Waals surface area contributed by atoms with Crippen LogP contribution in [-0.2, 0) is 27.6 Å². The molecule has 1 fully saturated rings. The van der Waals surface area contributed by atoms with E-state index in [-0.39, 0.29) is 12.0 Å². The van der Waals surface area contributed by atoms with Gasteiger partial charge in [0, 0.05) is 19.6 Å². The summed E-state index contributed by atoms with van der Waals surface area (Å²) < 4.78 is 30.2. The fourth-order valence-electron chi connectivity index (χ4n) is 3.11. The zero-order valence-corrected chi connectivity index (χ0v) is 14.8. The third-order valence-corrected chi connectivity index (χ3v) is 6.71. The molecule has 1 aliphatic carbocycles. The lowest BCUT2D eigenvalue weighted by atomic mass is 9.94. The Bertz CT molecular complexity index is 684. The standard InChI is InChI=1S/C15H22N2O4S2/c1-23(19,20)17-6-7-21-12(9-17)8-16-15(18)14-13-5-3-2-4-11(13)10-22-14/h10,12H,2-9H2,1H3,(H,16,18)/t12-/m0/s1. The number of aryl methyl sites for hydroxylation is 1. The van der Waals surface area contributed by atoms with Crippen LogP contribution in [0, 0.1) is 0 Å². The molecule has 0 aromatic carbocycles. The van der Waals surface area contributed by atoms with E-state index in [1.54, 1.807) is 0 Å². The van der Waals surface area contributed by atoms with E-state index in [0.717, 1.165) is 24.1 Å². The summed E-state index contributed by atoms with van der Waals surface area (Å²) in [7, 11) is -3.21. The summed E-state index contributed by atoms with van der Waals surface area (Å²) in [5, 5.41) is 4.99. The van der Waals surface area contributed by atoms with Crippen molar-refractivity contribution < 1.29 is 17.9 Å². The molecule has 128 valence electrons. The third kappa shape index (κ3) is 3.93. The first-order chi connectivity index (χ1) is 10.9. The Morgan fingerprint density at radius 3 is 3.00 bits per heavy atom. The van der Waals surface area contributed by atoms with E-state index in [1.165, 1.54) is 39.4 Å². The molecule has 1 aromatic rings. The Labute approximate surface area is 140 Å². The van der Waals surface area contributed by atoms with Gasteiger partial charge >= 0.3 is 0 Å². The number of ether oxygens (including phenoxy) is 1. The molecule has 23 heavy (non-hydrogen) atoms. The summed E-state index contributed by atoms with van der Waals surface area (Å²) in [6.45, 7) is 1.36. The molecular weight excluding hydrogens is 336 g/mol. The van der Waals surface area contributed by atoms with E-state index < -0.39 is 10.0 Å². The van der Waals surface area contributed by atoms with Gasteiger partial charge in [0.2, 0.25) is 10.0 Å². The molecule has 1 amide bonds. The molecule has 1 atom stereocenters. The van der Waals surface area contributed by atoms with Crippen molar-refractivity contribution >= 4 is 27.3 Å². The maximum absolute atomic E-state index is 12.4. The molecule has 1 N–H and O–H groups in total. The fourth-order valence-corrected chi connectivity index (χ4v) is 5.03. The van der Waals surface area contributed by atoms with Gasteiger partial charge in [-0.05, 0) is 42.2 Å². The Morgan fingerprint density at radius 2 is 2.22 bits per heavy atom. The number of rotatable bonds is 4. The summed E-state index contributed by atoms with van der Waals surface area (Å²) in [5.74, 6) is -0.0711. The predicted molar refractivity (Wildman–Crippen MR) is 89.5 cm³/mol. The zero-order valence-electron chi connectivity index (χ0n) is 13.2. The molecule has 0 radical (unpaired) electrons. The van der Waals surface area contributed by atoms with Crippen molar-refractivity contribution in [1.29, 1.82) is 0 Å². The average Bonchev–Trinajstić information content (AvgIpc) is 2.96. The first-order valence-corrected chi connectivity index (χ1v) is 10.6. The Hall–Kier alpha value is -0.960. The molecule has 1 aromatic heterocycles. The van der Waals surface area contributed by atoms with Crippen molar-refractivity contribution in [2.24, 2.45) is 0 Å². The minimum absolute atomic E-state index is 0.0711. The molecule has 0 spiro atoms. The highest BCUT2D eigenvalue weighted by molar-refractivity contribution is 7.88. The highest BCUT2D eigenvalue weighted by atomic mass is 32.2. The van der Waals surface area contributed by atoms with Gasteiger partial charge in [-0.3, -0.25) is 4.79 Å². The van der Waals surface area contributed by atoms with Crippen LogP contribution in [0.5, 0.6) is 0 Å². The van der Waals surface area contributed by atoms with E-state index in [2.05, 4.69) is 10.7 Å². The monoisotopic (exact) mass is 358 g/mol. The van der Waals surface area contributed by atoms with Crippen LogP contribution in [-0.4, -0.2) is 57.2 Å². The number of carbonyl (C=O) groups excluding carboxylic acids is 1. The van der Waals surface area contributed by atoms with Gasteiger partial charge in [-0.2, -0.15) is 4.31 Å². The summed E-state index contributed by atoms with van der Waals surface area (Å²) in [6.07, 6.45) is 5.28. The van der Waals surface area contributed by atoms with Crippen LogP contribution in [0.2, 0.25) is 0 Å². The van der Waals surface area contributed by atoms with Crippen LogP contribution in [0.1, 0.15) is 33.6 Å². The normalized spacial score (nSPS) is 22.6. The van der Waals surface area contributed by atoms with Crippen LogP contribution in [0.25, 0.3) is 0 Å². The van der Waals surface area contributed by atoms with Crippen LogP contribution in [0.3, 0.4) is 0 Å². The molecule has 0 saturated carbocycles. The number of nitrogens with one attached hydrogen (secondary N) is 1. The molecule has 8 heteroatoms. The van der Waals surface area contributed by atoms with Crippen LogP contribution < -0.4 is 5.32 Å². The molecule has 6 nitrogen and oxygen atoms in total. The molecule has 1 aliphatic heterocycles. The average molecular weight is 358 g/mol. The van der Waals surface area contributed by atoms with Gasteiger partial charge in [0.05, 0.1) is 23.8 Å². The Kier molecular flexibility index (Phi) is 5.05. The summed E-state index contributed by atoms with van der Waals surface area (Å²) >= 11 is 1.51. The van der Waals surface area contributed by atoms with Gasteiger partial charge in [-0.25, -0.2) is 8.42 Å². The van der Waals surface area contributed by atoms with E-state index >= 15 is 0 Å². The van der Waals surface area contributed by atoms with E-state index in [0.29, 0.717) is 26.2 Å². The van der Waals surface area contributed by atoms with Gasteiger partial charge < -0.3 is 10.1 Å². The number of nitrogens with zero attached hydrogens (tertiary/aromatic N) is 1. The van der Waals surface area contributed by atoms with Crippen LogP contribution >= 0.6 is 11.3 Å². The van der Waals surface area contributed by atoms with Gasteiger partial charge in [-0.15, -0.1) is 11.3 Å². The number of carbonyl (C=O) groups is 1. The molecule has 2 aliphatic rings. The SMILES string of the molecule is CS(=O)(=O)N1CCO[C@@H](CNC(=O)c2scc3c2CCCC3)C1. The topological polar surface area (TPSA) is 75.7 Å². The second-order valence-electron chi connectivity index (χ2n) is 6.10. The zero-order chi connectivity index (χ0) is 16.4. The van der Waals surface area contributed by atoms with Gasteiger partial charge in [-0.1, -0.05) is 0 Å². The lowest BCUT2D eigenvalue weighted by molar-refractivity contribution is 0.000455. The summed E-state index contributed by atoms with van der Waals surface area (Å²) in [4.78, 5) is 13.2. The smallest absolute Gasteiger partial charge is 0.261 e. The predicted octanol–water partition coefficient (Wildman–Crippen LogP) is 1.02. The highest BCUT2D eigenvalue weighted by Gasteiger charge is 2.27. The largest absolute Gasteiger partial charge is 0.374 e. The van der Waals surface area contributed by atoms with Gasteiger partial charge in [0.1, 0.15) is 0 Å². The molecule has 2 heterocycles. The van der Waals surface area contributed by atoms with Gasteiger partial charge in [0.15, 0.2) is 0 Å². The Morgan fingerprint density at radius 1 is 1.43 bits per heavy atom. The fraction of sp³-hybridized carbons (Fsp3) is 0.667. The minimum atomic E-state index is -3.21. The molecular formula is C15H22N2O4S2. The third-order valence-electron chi connectivity index (χ3n) is 4.37. The lowest BCUT2D eigenvalue weighted by Gasteiger charge is -2.31. The summed E-state index contributed by atoms with van der Waals surface area (Å²) in [5.41, 5.74) is 2.50. The van der Waals surface area contributed by atoms with Gasteiger partial charge in [0.25, 0.3) is 5.91 Å². The van der Waals surface area contributed by atoms with E-state index in [4.69, 9.17) is 4.74 Å². The lowest BCUT2D eigenvalue weighted by Crippen LogP contribution is -2.49. The Balaban J connectivity index is 1.58. The van der Waals surface area contributed by atoms with Crippen molar-refractivity contribution in [3.8, 4) is 0 Å². The number of amides is 1. The van der Waals surface area contributed by atoms with Crippen molar-refractivity contribution in [2.45, 2.75) is 31.8 Å². The maximum atomic E-state index is 12.4. The number of morpholine rings is 1. The number of hydrogen-bond donors (Lipinski definition) is 1. The quantitative estimate of drug-likeness (QED) is 0.872. The van der Waals surface area contributed by atoms with Crippen molar-refractivity contribution in [3.63, 3.8) is 0 Å². The second kappa shape index (κ2) is 6.88. The second-order valence-corrected chi connectivity index (χ2v) is 8.96. The number of sulfonamides is 1. The summed E-state index contributed by atoms with van der Waals surface area (Å²) in [6, 6.07) is 0. The van der Waals surface area contributed by atoms with Crippen molar-refractivity contribution in [2.75, 3.05) is 32.5 Å². The van der Waals surface area contributed by atoms with Crippen LogP contribution in [0.15, 0.2) is 5.38 Å². The first-order valence-electron chi connectivity index (χ1n) is 7.89. The van der Waals surface area contributed by atoms with E-state index in [1.807, 2.05) is 0 Å². The molecule has 0 unspecified atom stereocenters. The highest BCUT2D eigenvalue weighted by Crippen LogP contribution is 2.29. The number of hydrogen-bond acceptors (Lipinski definition) is 5. The van der Waals surface area contributed by atoms with Crippen LogP contribution in [0.4, 0.5) is 0 Å². The van der Waals surface area contributed by atoms with Crippen molar-refractivity contribution in [1.82, 2.24) is 9.62 Å². The minimum Gasteiger partial charge on any atom is -0.374 e. The molecule has 1 saturated heterocycles. The van der Waals surface area contributed by atoms with E-state index in [9.17, 15) is 13.2 Å². The van der Waals surface area contributed by atoms with Crippen molar-refractivity contribution in [3.05, 3.63) is 21.4 Å². The number of fused-ring (bicyclic) bond motifs is 1.